The van der Waals surface area contributed by atoms with Crippen LogP contribution in [0, 0.1) is 6.92 Å². The highest BCUT2D eigenvalue weighted by molar-refractivity contribution is 6.05. The van der Waals surface area contributed by atoms with E-state index in [0.717, 1.165) is 25.7 Å². The lowest BCUT2D eigenvalue weighted by Crippen LogP contribution is -2.44. The molecular formula is C24H27N5O4. The fraction of sp³-hybridized carbons (Fsp3) is 0.333. The van der Waals surface area contributed by atoms with Gasteiger partial charge < -0.3 is 19.9 Å². The Morgan fingerprint density at radius 2 is 1.79 bits per heavy atom. The molecule has 3 aromatic rings. The average Bonchev–Trinajstić information content (AvgIpc) is 3.48. The number of benzene rings is 2. The number of methoxy groups -OCH3 is 1. The van der Waals surface area contributed by atoms with Gasteiger partial charge in [-0.05, 0) is 49.2 Å². The van der Waals surface area contributed by atoms with Gasteiger partial charge in [0, 0.05) is 18.2 Å². The first kappa shape index (κ1) is 22.5. The molecule has 33 heavy (non-hydrogen) atoms. The summed E-state index contributed by atoms with van der Waals surface area (Å²) in [4.78, 5) is 29.5. The van der Waals surface area contributed by atoms with Gasteiger partial charge in [0.05, 0.1) is 24.9 Å². The number of amides is 2. The number of carbonyl (C=O) groups is 2. The van der Waals surface area contributed by atoms with Crippen molar-refractivity contribution in [1.29, 1.82) is 0 Å². The van der Waals surface area contributed by atoms with Crippen molar-refractivity contribution in [3.05, 3.63) is 65.8 Å². The summed E-state index contributed by atoms with van der Waals surface area (Å²) in [5.41, 5.74) is 1.22. The van der Waals surface area contributed by atoms with E-state index in [-0.39, 0.29) is 18.4 Å². The largest absolute Gasteiger partial charge is 0.495 e. The van der Waals surface area contributed by atoms with E-state index >= 15 is 0 Å². The first-order chi connectivity index (χ1) is 16.0. The number of aromatic nitrogens is 2. The maximum absolute atomic E-state index is 12.6. The monoisotopic (exact) mass is 449 g/mol. The first-order valence-corrected chi connectivity index (χ1v) is 10.9. The molecule has 1 aliphatic rings. The number of rotatable bonds is 8. The Morgan fingerprint density at radius 1 is 1.06 bits per heavy atom. The Balaban J connectivity index is 1.34. The molecule has 0 aliphatic heterocycles. The predicted octanol–water partition coefficient (Wildman–Crippen LogP) is 3.64. The summed E-state index contributed by atoms with van der Waals surface area (Å²) < 4.78 is 10.4. The number of para-hydroxylation sites is 2. The summed E-state index contributed by atoms with van der Waals surface area (Å²) in [5.74, 6) is 1.25. The van der Waals surface area contributed by atoms with Crippen LogP contribution in [0.15, 0.2) is 53.1 Å². The third-order valence-corrected chi connectivity index (χ3v) is 5.79. The van der Waals surface area contributed by atoms with E-state index < -0.39 is 5.54 Å². The second kappa shape index (κ2) is 9.83. The third-order valence-electron chi connectivity index (χ3n) is 5.79. The number of hydrogen-bond acceptors (Lipinski definition) is 7. The number of carbonyl (C=O) groups excluding carboxylic acids is 2. The van der Waals surface area contributed by atoms with E-state index in [2.05, 4.69) is 26.1 Å². The van der Waals surface area contributed by atoms with E-state index in [1.165, 1.54) is 0 Å². The molecule has 1 aliphatic carbocycles. The van der Waals surface area contributed by atoms with E-state index in [1.54, 1.807) is 50.4 Å². The standard InChI is InChI=1S/C24H27N5O4/c1-16-26-23(29-33-16)24(13-5-6-14-24)25-15-21(30)27-18-11-9-17(10-12-18)22(31)28-19-7-3-4-8-20(19)32-2/h3-4,7-12,25H,5-6,13-15H2,1-2H3,(H,27,30)(H,28,31). The molecule has 0 atom stereocenters. The molecule has 4 rings (SSSR count). The molecular weight excluding hydrogens is 422 g/mol. The molecule has 0 radical (unpaired) electrons. The van der Waals surface area contributed by atoms with Crippen molar-refractivity contribution in [2.75, 3.05) is 24.3 Å². The zero-order valence-electron chi connectivity index (χ0n) is 18.7. The number of nitrogens with one attached hydrogen (secondary N) is 3. The smallest absolute Gasteiger partial charge is 0.255 e. The van der Waals surface area contributed by atoms with E-state index in [1.807, 2.05) is 12.1 Å². The normalized spacial score (nSPS) is 14.6. The Bertz CT molecular complexity index is 1120. The van der Waals surface area contributed by atoms with E-state index in [4.69, 9.17) is 9.26 Å². The molecule has 2 aromatic carbocycles. The van der Waals surface area contributed by atoms with Crippen LogP contribution in [0.5, 0.6) is 5.75 Å². The average molecular weight is 450 g/mol. The van der Waals surface area contributed by atoms with Crippen molar-refractivity contribution in [2.45, 2.75) is 38.1 Å². The Hall–Kier alpha value is -3.72. The van der Waals surface area contributed by atoms with Gasteiger partial charge in [-0.3, -0.25) is 14.9 Å². The zero-order chi connectivity index (χ0) is 23.3. The molecule has 0 spiro atoms. The van der Waals surface area contributed by atoms with Crippen LogP contribution in [0.25, 0.3) is 0 Å². The maximum atomic E-state index is 12.6. The highest BCUT2D eigenvalue weighted by Crippen LogP contribution is 2.37. The zero-order valence-corrected chi connectivity index (χ0v) is 18.7. The highest BCUT2D eigenvalue weighted by Gasteiger charge is 2.39. The molecule has 2 amide bonds. The Morgan fingerprint density at radius 3 is 2.45 bits per heavy atom. The van der Waals surface area contributed by atoms with Gasteiger partial charge in [-0.1, -0.05) is 30.1 Å². The van der Waals surface area contributed by atoms with E-state index in [0.29, 0.717) is 34.4 Å². The minimum atomic E-state index is -0.435. The van der Waals surface area contributed by atoms with E-state index in [9.17, 15) is 9.59 Å². The van der Waals surface area contributed by atoms with Crippen LogP contribution in [0.2, 0.25) is 0 Å². The van der Waals surface area contributed by atoms with Crippen LogP contribution in [0.4, 0.5) is 11.4 Å². The number of aryl methyl sites for hydroxylation is 1. The molecule has 1 saturated carbocycles. The van der Waals surface area contributed by atoms with Crippen LogP contribution in [0.3, 0.4) is 0 Å². The Kier molecular flexibility index (Phi) is 6.69. The fourth-order valence-corrected chi connectivity index (χ4v) is 4.05. The number of ether oxygens (including phenoxy) is 1. The SMILES string of the molecule is COc1ccccc1NC(=O)c1ccc(NC(=O)CNC2(c3noc(C)n3)CCCC2)cc1. The lowest BCUT2D eigenvalue weighted by molar-refractivity contribution is -0.115. The van der Waals surface area contributed by atoms with Gasteiger partial charge in [0.1, 0.15) is 5.75 Å². The molecule has 1 aromatic heterocycles. The van der Waals surface area contributed by atoms with Crippen molar-refractivity contribution in [2.24, 2.45) is 0 Å². The van der Waals surface area contributed by atoms with Gasteiger partial charge in [0.15, 0.2) is 5.82 Å². The summed E-state index contributed by atoms with van der Waals surface area (Å²) >= 11 is 0. The number of nitrogens with zero attached hydrogens (tertiary/aromatic N) is 2. The molecule has 9 heteroatoms. The quantitative estimate of drug-likeness (QED) is 0.480. The van der Waals surface area contributed by atoms with Crippen molar-refractivity contribution >= 4 is 23.2 Å². The van der Waals surface area contributed by atoms with Crippen LogP contribution in [-0.2, 0) is 10.3 Å². The van der Waals surface area contributed by atoms with Crippen LogP contribution in [0.1, 0.15) is 47.8 Å². The second-order valence-electron chi connectivity index (χ2n) is 8.06. The highest BCUT2D eigenvalue weighted by atomic mass is 16.5. The molecule has 3 N–H and O–H groups in total. The van der Waals surface area contributed by atoms with Gasteiger partial charge in [0.2, 0.25) is 11.8 Å². The minimum absolute atomic E-state index is 0.115. The number of anilines is 2. The molecule has 1 fully saturated rings. The van der Waals surface area contributed by atoms with Crippen molar-refractivity contribution in [3.63, 3.8) is 0 Å². The van der Waals surface area contributed by atoms with Crippen molar-refractivity contribution < 1.29 is 18.8 Å². The summed E-state index contributed by atoms with van der Waals surface area (Å²) in [6.45, 7) is 1.87. The second-order valence-corrected chi connectivity index (χ2v) is 8.06. The third kappa shape index (κ3) is 5.20. The van der Waals surface area contributed by atoms with Gasteiger partial charge >= 0.3 is 0 Å². The first-order valence-electron chi connectivity index (χ1n) is 10.9. The summed E-state index contributed by atoms with van der Waals surface area (Å²) in [6, 6.07) is 13.9. The lowest BCUT2D eigenvalue weighted by atomic mass is 9.96. The molecule has 1 heterocycles. The number of hydrogen-bond donors (Lipinski definition) is 3. The van der Waals surface area contributed by atoms with Gasteiger partial charge in [0.25, 0.3) is 5.91 Å². The Labute approximate surface area is 191 Å². The minimum Gasteiger partial charge on any atom is -0.495 e. The molecule has 172 valence electrons. The summed E-state index contributed by atoms with van der Waals surface area (Å²) in [6.07, 6.45) is 3.80. The molecule has 0 saturated heterocycles. The summed E-state index contributed by atoms with van der Waals surface area (Å²) in [5, 5.41) is 13.1. The maximum Gasteiger partial charge on any atom is 0.255 e. The van der Waals surface area contributed by atoms with Crippen LogP contribution in [-0.4, -0.2) is 35.6 Å². The predicted molar refractivity (Wildman–Crippen MR) is 123 cm³/mol. The molecule has 0 unspecified atom stereocenters. The molecule has 0 bridgehead atoms. The van der Waals surface area contributed by atoms with Gasteiger partial charge in [-0.15, -0.1) is 0 Å². The fourth-order valence-electron chi connectivity index (χ4n) is 4.05. The van der Waals surface area contributed by atoms with Gasteiger partial charge in [-0.2, -0.15) is 4.98 Å². The van der Waals surface area contributed by atoms with Crippen LogP contribution < -0.4 is 20.7 Å². The summed E-state index contributed by atoms with van der Waals surface area (Å²) in [7, 11) is 1.55. The van der Waals surface area contributed by atoms with Gasteiger partial charge in [-0.25, -0.2) is 0 Å². The molecule has 9 nitrogen and oxygen atoms in total. The van der Waals surface area contributed by atoms with Crippen LogP contribution >= 0.6 is 0 Å². The van der Waals surface area contributed by atoms with Crippen molar-refractivity contribution in [1.82, 2.24) is 15.5 Å². The van der Waals surface area contributed by atoms with Crippen molar-refractivity contribution in [3.8, 4) is 5.75 Å². The lowest BCUT2D eigenvalue weighted by Gasteiger charge is -2.26. The topological polar surface area (TPSA) is 118 Å².